The number of tetrazole rings is 1. The summed E-state index contributed by atoms with van der Waals surface area (Å²) in [4.78, 5) is 0. The first kappa shape index (κ1) is 8.58. The maximum absolute atomic E-state index is 9.54. The molecule has 1 aliphatic heterocycles. The number of nitrogens with one attached hydrogen (secondary N) is 1. The van der Waals surface area contributed by atoms with Crippen molar-refractivity contribution in [3.63, 3.8) is 0 Å². The van der Waals surface area contributed by atoms with Crippen molar-refractivity contribution in [3.05, 3.63) is 5.82 Å². The summed E-state index contributed by atoms with van der Waals surface area (Å²) in [6.45, 7) is 1.52. The van der Waals surface area contributed by atoms with Gasteiger partial charge in [-0.2, -0.15) is 0 Å². The van der Waals surface area contributed by atoms with Crippen LogP contribution in [-0.4, -0.2) is 44.5 Å². The van der Waals surface area contributed by atoms with Crippen molar-refractivity contribution in [3.8, 4) is 0 Å². The topological polar surface area (TPSA) is 75.9 Å². The van der Waals surface area contributed by atoms with Gasteiger partial charge in [-0.3, -0.25) is 0 Å². The minimum Gasteiger partial charge on any atom is -0.391 e. The van der Waals surface area contributed by atoms with Crippen LogP contribution in [0.2, 0.25) is 0 Å². The lowest BCUT2D eigenvalue weighted by molar-refractivity contribution is 0.146. The summed E-state index contributed by atoms with van der Waals surface area (Å²) < 4.78 is 1.64. The van der Waals surface area contributed by atoms with Crippen molar-refractivity contribution in [2.75, 3.05) is 13.1 Å². The van der Waals surface area contributed by atoms with Crippen molar-refractivity contribution in [2.45, 2.75) is 12.5 Å². The summed E-state index contributed by atoms with van der Waals surface area (Å²) in [7, 11) is 1.81. The molecule has 1 aliphatic rings. The van der Waals surface area contributed by atoms with E-state index in [1.54, 1.807) is 4.68 Å². The van der Waals surface area contributed by atoms with Crippen molar-refractivity contribution in [2.24, 2.45) is 13.0 Å². The van der Waals surface area contributed by atoms with Gasteiger partial charge < -0.3 is 10.4 Å². The lowest BCUT2D eigenvalue weighted by atomic mass is 10.0. The molecule has 1 aromatic heterocycles. The van der Waals surface area contributed by atoms with Crippen molar-refractivity contribution in [1.82, 2.24) is 25.5 Å². The molecule has 0 aromatic carbocycles. The molecular weight excluding hydrogens is 170 g/mol. The van der Waals surface area contributed by atoms with Crippen LogP contribution in [0.1, 0.15) is 5.82 Å². The van der Waals surface area contributed by atoms with E-state index in [-0.39, 0.29) is 12.0 Å². The first-order valence-electron chi connectivity index (χ1n) is 4.37. The van der Waals surface area contributed by atoms with Crippen LogP contribution in [0.25, 0.3) is 0 Å². The average molecular weight is 183 g/mol. The second kappa shape index (κ2) is 3.39. The number of hydrogen-bond donors (Lipinski definition) is 2. The van der Waals surface area contributed by atoms with Crippen LogP contribution in [0.15, 0.2) is 0 Å². The summed E-state index contributed by atoms with van der Waals surface area (Å²) in [6, 6.07) is 0. The van der Waals surface area contributed by atoms with E-state index in [4.69, 9.17) is 0 Å². The Balaban J connectivity index is 2.01. The quantitative estimate of drug-likeness (QED) is 0.573. The van der Waals surface area contributed by atoms with Gasteiger partial charge in [-0.05, 0) is 10.4 Å². The Morgan fingerprint density at radius 2 is 2.46 bits per heavy atom. The highest BCUT2D eigenvalue weighted by molar-refractivity contribution is 4.90. The third kappa shape index (κ3) is 1.68. The Morgan fingerprint density at radius 1 is 1.62 bits per heavy atom. The maximum Gasteiger partial charge on any atom is 0.151 e. The molecule has 1 aromatic rings. The normalized spacial score (nSPS) is 28.2. The number of rotatable bonds is 2. The molecule has 0 saturated carbocycles. The average Bonchev–Trinajstić information content (AvgIpc) is 2.65. The van der Waals surface area contributed by atoms with Gasteiger partial charge in [0, 0.05) is 32.5 Å². The number of aromatic nitrogens is 4. The van der Waals surface area contributed by atoms with E-state index in [2.05, 4.69) is 20.8 Å². The summed E-state index contributed by atoms with van der Waals surface area (Å²) in [5.74, 6) is 1.07. The van der Waals surface area contributed by atoms with Gasteiger partial charge in [-0.25, -0.2) is 4.68 Å². The van der Waals surface area contributed by atoms with Crippen LogP contribution in [0, 0.1) is 5.92 Å². The molecule has 0 aliphatic carbocycles. The minimum atomic E-state index is -0.267. The molecule has 1 fully saturated rings. The van der Waals surface area contributed by atoms with Gasteiger partial charge >= 0.3 is 0 Å². The molecule has 2 atom stereocenters. The third-order valence-electron chi connectivity index (χ3n) is 2.46. The van der Waals surface area contributed by atoms with E-state index in [9.17, 15) is 5.11 Å². The molecule has 6 heteroatoms. The predicted molar refractivity (Wildman–Crippen MR) is 44.9 cm³/mol. The smallest absolute Gasteiger partial charge is 0.151 e. The molecule has 13 heavy (non-hydrogen) atoms. The fourth-order valence-corrected chi connectivity index (χ4v) is 1.58. The molecule has 2 rings (SSSR count). The van der Waals surface area contributed by atoms with Crippen LogP contribution in [0.5, 0.6) is 0 Å². The zero-order valence-corrected chi connectivity index (χ0v) is 7.51. The molecule has 2 unspecified atom stereocenters. The first-order chi connectivity index (χ1) is 6.27. The fourth-order valence-electron chi connectivity index (χ4n) is 1.58. The van der Waals surface area contributed by atoms with Gasteiger partial charge in [0.05, 0.1) is 6.10 Å². The second-order valence-corrected chi connectivity index (χ2v) is 3.41. The van der Waals surface area contributed by atoms with Gasteiger partial charge in [0.2, 0.25) is 0 Å². The van der Waals surface area contributed by atoms with Crippen molar-refractivity contribution in [1.29, 1.82) is 0 Å². The van der Waals surface area contributed by atoms with E-state index >= 15 is 0 Å². The number of hydrogen-bond acceptors (Lipinski definition) is 5. The van der Waals surface area contributed by atoms with Gasteiger partial charge in [0.25, 0.3) is 0 Å². The lowest BCUT2D eigenvalue weighted by Crippen LogP contribution is -2.21. The molecule has 72 valence electrons. The Hall–Kier alpha value is -1.01. The number of aryl methyl sites for hydroxylation is 1. The molecule has 2 heterocycles. The summed E-state index contributed by atoms with van der Waals surface area (Å²) >= 11 is 0. The standard InChI is InChI=1S/C7H13N5O/c1-12-7(9-10-11-12)2-5-3-8-4-6(5)13/h5-6,8,13H,2-4H2,1H3. The van der Waals surface area contributed by atoms with E-state index in [1.807, 2.05) is 7.05 Å². The molecule has 1 saturated heterocycles. The third-order valence-corrected chi connectivity index (χ3v) is 2.46. The van der Waals surface area contributed by atoms with E-state index < -0.39 is 0 Å². The molecule has 0 radical (unpaired) electrons. The second-order valence-electron chi connectivity index (χ2n) is 3.41. The zero-order valence-electron chi connectivity index (χ0n) is 7.51. The molecule has 0 bridgehead atoms. The van der Waals surface area contributed by atoms with Crippen molar-refractivity contribution >= 4 is 0 Å². The number of nitrogens with zero attached hydrogens (tertiary/aromatic N) is 4. The van der Waals surface area contributed by atoms with Crippen LogP contribution < -0.4 is 5.32 Å². The number of β-amino-alcohol motifs (C(OH)–C–C–N with tert-alkyl or cyclic N) is 1. The minimum absolute atomic E-state index is 0.240. The van der Waals surface area contributed by atoms with Crippen LogP contribution in [0.4, 0.5) is 0 Å². The Labute approximate surface area is 75.9 Å². The highest BCUT2D eigenvalue weighted by Crippen LogP contribution is 2.13. The maximum atomic E-state index is 9.54. The highest BCUT2D eigenvalue weighted by Gasteiger charge is 2.26. The van der Waals surface area contributed by atoms with Gasteiger partial charge in [-0.1, -0.05) is 0 Å². The monoisotopic (exact) mass is 183 g/mol. The summed E-state index contributed by atoms with van der Waals surface area (Å²) in [6.07, 6.45) is 0.467. The molecule has 0 spiro atoms. The van der Waals surface area contributed by atoms with Gasteiger partial charge in [-0.15, -0.1) is 5.10 Å². The van der Waals surface area contributed by atoms with Gasteiger partial charge in [0.1, 0.15) is 0 Å². The van der Waals surface area contributed by atoms with Crippen LogP contribution >= 0.6 is 0 Å². The summed E-state index contributed by atoms with van der Waals surface area (Å²) in [5, 5.41) is 23.8. The zero-order chi connectivity index (χ0) is 9.26. The van der Waals surface area contributed by atoms with Crippen molar-refractivity contribution < 1.29 is 5.11 Å². The Morgan fingerprint density at radius 3 is 3.00 bits per heavy atom. The Bertz CT molecular complexity index is 286. The SMILES string of the molecule is Cn1nnnc1CC1CNCC1O. The largest absolute Gasteiger partial charge is 0.391 e. The fraction of sp³-hybridized carbons (Fsp3) is 0.857. The Kier molecular flexibility index (Phi) is 2.24. The summed E-state index contributed by atoms with van der Waals surface area (Å²) in [5.41, 5.74) is 0. The number of aliphatic hydroxyl groups excluding tert-OH is 1. The van der Waals surface area contributed by atoms with Gasteiger partial charge in [0.15, 0.2) is 5.82 Å². The molecule has 0 amide bonds. The predicted octanol–water partition coefficient (Wildman–Crippen LogP) is -1.67. The molecule has 6 nitrogen and oxygen atoms in total. The highest BCUT2D eigenvalue weighted by atomic mass is 16.3. The number of aliphatic hydroxyl groups is 1. The lowest BCUT2D eigenvalue weighted by Gasteiger charge is -2.10. The molecule has 2 N–H and O–H groups in total. The van der Waals surface area contributed by atoms with E-state index in [0.717, 1.165) is 18.8 Å². The van der Waals surface area contributed by atoms with E-state index in [1.165, 1.54) is 0 Å². The van der Waals surface area contributed by atoms with E-state index in [0.29, 0.717) is 6.54 Å². The first-order valence-corrected chi connectivity index (χ1v) is 4.37. The van der Waals surface area contributed by atoms with Crippen LogP contribution in [-0.2, 0) is 13.5 Å². The molecular formula is C7H13N5O. The van der Waals surface area contributed by atoms with Crippen LogP contribution in [0.3, 0.4) is 0 Å².